The Kier molecular flexibility index (Phi) is 55.4. The Morgan fingerprint density at radius 2 is 1.29 bits per heavy atom. The van der Waals surface area contributed by atoms with E-state index in [1.54, 1.807) is 0 Å². The second-order valence-corrected chi connectivity index (χ2v) is 1.39. The van der Waals surface area contributed by atoms with Crippen LogP contribution in [0.15, 0.2) is 0 Å². The number of hydrogen-bond acceptors (Lipinski definition) is 0. The van der Waals surface area contributed by atoms with Gasteiger partial charge in [-0.25, -0.2) is 0 Å². The third-order valence-corrected chi connectivity index (χ3v) is 0. The zero-order valence-corrected chi connectivity index (χ0v) is 7.15. The van der Waals surface area contributed by atoms with Crippen LogP contribution in [0.25, 0.3) is 6.15 Å². The molecule has 0 amide bonds. The molecule has 0 saturated heterocycles. The smallest absolute Gasteiger partial charge is 0.693 e. The van der Waals surface area contributed by atoms with Crippen molar-refractivity contribution in [1.29, 1.82) is 0 Å². The van der Waals surface area contributed by atoms with Crippen molar-refractivity contribution < 1.29 is 21.7 Å². The molecule has 0 unspecified atom stereocenters. The first-order valence-electron chi connectivity index (χ1n) is 1.56. The molecule has 1 nitrogen and oxygen atoms in total. The molecule has 2 N–H and O–H groups in total. The zero-order chi connectivity index (χ0) is 3.58. The fraction of sp³-hybridized carbons (Fsp3) is 0.750. The maximum atomic E-state index is 3.64. The van der Waals surface area contributed by atoms with Gasteiger partial charge in [0.05, 0.1) is 0 Å². The first-order valence-corrected chi connectivity index (χ1v) is 1.56. The van der Waals surface area contributed by atoms with Gasteiger partial charge in [0, 0.05) is 0 Å². The number of nitrogens with two attached hydrogens (primary N) is 1. The van der Waals surface area contributed by atoms with Gasteiger partial charge in [0.2, 0.25) is 0 Å². The second-order valence-electron chi connectivity index (χ2n) is 1.39. The van der Waals surface area contributed by atoms with Gasteiger partial charge < -0.3 is 13.1 Å². The van der Waals surface area contributed by atoms with Crippen LogP contribution < -0.4 is 0 Å². The van der Waals surface area contributed by atoms with Gasteiger partial charge in [-0.3, -0.25) is 0 Å². The summed E-state index contributed by atoms with van der Waals surface area (Å²) in [6, 6.07) is 0. The van der Waals surface area contributed by atoms with Crippen molar-refractivity contribution in [2.24, 2.45) is 5.92 Å². The van der Waals surface area contributed by atoms with Gasteiger partial charge in [0.25, 0.3) is 0 Å². The number of halogens is 1. The van der Waals surface area contributed by atoms with Crippen molar-refractivity contribution in [3.05, 3.63) is 13.1 Å². The third-order valence-electron chi connectivity index (χ3n) is 0. The molecule has 7 heavy (non-hydrogen) atoms. The van der Waals surface area contributed by atoms with Crippen molar-refractivity contribution in [2.45, 2.75) is 13.8 Å². The average molecular weight is 157 g/mol. The van der Waals surface area contributed by atoms with Crippen LogP contribution in [0.3, 0.4) is 0 Å². The van der Waals surface area contributed by atoms with Crippen molar-refractivity contribution in [2.75, 3.05) is 0 Å². The number of hydrogen-bond donors (Lipinski definition) is 0. The van der Waals surface area contributed by atoms with Crippen LogP contribution in [-0.4, -0.2) is 0 Å². The third kappa shape index (κ3) is 185. The van der Waals surface area contributed by atoms with Crippen LogP contribution in [0.4, 0.5) is 0 Å². The molecule has 0 saturated carbocycles. The van der Waals surface area contributed by atoms with Crippen LogP contribution in [0.5, 0.6) is 0 Å². The maximum absolute atomic E-state index is 3.64. The van der Waals surface area contributed by atoms with E-state index in [9.17, 15) is 0 Å². The van der Waals surface area contributed by atoms with Gasteiger partial charge in [-0.1, -0.05) is 13.8 Å². The second kappa shape index (κ2) is 15.8. The van der Waals surface area contributed by atoms with E-state index >= 15 is 0 Å². The van der Waals surface area contributed by atoms with E-state index in [0.29, 0.717) is 5.92 Å². The molecule has 0 bridgehead atoms. The monoisotopic (exact) mass is 157 g/mol. The molecule has 0 fully saturated rings. The quantitative estimate of drug-likeness (QED) is 0.383. The zero-order valence-electron chi connectivity index (χ0n) is 4.77. The van der Waals surface area contributed by atoms with E-state index in [1.165, 1.54) is 0 Å². The molecule has 44 valence electrons. The topological polar surface area (TPSA) is 33.5 Å². The van der Waals surface area contributed by atoms with Crippen LogP contribution in [0, 0.1) is 12.8 Å². The fourth-order valence-corrected chi connectivity index (χ4v) is 0. The van der Waals surface area contributed by atoms with Crippen molar-refractivity contribution in [3.63, 3.8) is 0 Å². The minimum atomic E-state index is 0. The number of rotatable bonds is 0. The molecule has 0 atom stereocenters. The Morgan fingerprint density at radius 3 is 1.29 bits per heavy atom. The Labute approximate surface area is 67.1 Å². The molecule has 0 aromatic carbocycles. The van der Waals surface area contributed by atoms with E-state index in [2.05, 4.69) is 20.8 Å². The molecule has 0 aliphatic carbocycles. The van der Waals surface area contributed by atoms with Gasteiger partial charge in [0.15, 0.2) is 0 Å². The Balaban J connectivity index is -0.0000000150. The first-order chi connectivity index (χ1) is 1.73. The molecule has 0 aromatic rings. The summed E-state index contributed by atoms with van der Waals surface area (Å²) < 4.78 is 0. The van der Waals surface area contributed by atoms with Gasteiger partial charge in [-0.15, -0.1) is 12.4 Å². The van der Waals surface area contributed by atoms with Crippen molar-refractivity contribution in [3.8, 4) is 0 Å². The summed E-state index contributed by atoms with van der Waals surface area (Å²) in [4.78, 5) is 0. The minimum Gasteiger partial charge on any atom is -0.693 e. The average Bonchev–Trinajstić information content (AvgIpc) is 0.811. The summed E-state index contributed by atoms with van der Waals surface area (Å²) in [6.07, 6.45) is 0. The molecule has 0 aromatic heterocycles. The summed E-state index contributed by atoms with van der Waals surface area (Å²) in [5.41, 5.74) is 0. The molecule has 3 heteroatoms. The minimum absolute atomic E-state index is 0. The van der Waals surface area contributed by atoms with E-state index in [0.717, 1.165) is 0 Å². The molecule has 0 spiro atoms. The van der Waals surface area contributed by atoms with Crippen LogP contribution in [-0.2, 0) is 21.7 Å². The SMILES string of the molecule is Cl.[CH2-]C(C)C.[NH2-].[Ti+2]. The molecule has 0 heterocycles. The predicted octanol–water partition coefficient (Wildman–Crippen LogP) is 2.61. The summed E-state index contributed by atoms with van der Waals surface area (Å²) in [5.74, 6) is 0.583. The van der Waals surface area contributed by atoms with E-state index in [1.807, 2.05) is 0 Å². The van der Waals surface area contributed by atoms with Crippen LogP contribution >= 0.6 is 12.4 Å². The Morgan fingerprint density at radius 1 is 1.29 bits per heavy atom. The Hall–Kier alpha value is 0.964. The van der Waals surface area contributed by atoms with Gasteiger partial charge in [-0.05, 0) is 0 Å². The standard InChI is InChI=1S/C4H9.ClH.H2N.Ti/c1-4(2)3;;;/h4H,1H2,2-3H3;1H;1H2;/q-1;;-1;+2. The van der Waals surface area contributed by atoms with Crippen LogP contribution in [0.2, 0.25) is 0 Å². The molecule has 0 aliphatic heterocycles. The largest absolute Gasteiger partial charge is 2.00 e. The maximum Gasteiger partial charge on any atom is 2.00 e. The van der Waals surface area contributed by atoms with E-state index < -0.39 is 0 Å². The van der Waals surface area contributed by atoms with E-state index in [-0.39, 0.29) is 40.3 Å². The van der Waals surface area contributed by atoms with Crippen molar-refractivity contribution >= 4 is 12.4 Å². The molecule has 0 rings (SSSR count). The van der Waals surface area contributed by atoms with Gasteiger partial charge >= 0.3 is 21.7 Å². The Bertz CT molecular complexity index is 16.4. The van der Waals surface area contributed by atoms with E-state index in [4.69, 9.17) is 0 Å². The molecule has 0 radical (unpaired) electrons. The van der Waals surface area contributed by atoms with Crippen molar-refractivity contribution in [1.82, 2.24) is 0 Å². The predicted molar refractivity (Wildman–Crippen MR) is 32.7 cm³/mol. The van der Waals surface area contributed by atoms with Gasteiger partial charge in [0.1, 0.15) is 0 Å². The molecule has 0 aliphatic rings. The first kappa shape index (κ1) is 24.6. The summed E-state index contributed by atoms with van der Waals surface area (Å²) in [6.45, 7) is 7.75. The molecular formula is C4H12ClNTi. The fourth-order valence-electron chi connectivity index (χ4n) is 0. The summed E-state index contributed by atoms with van der Waals surface area (Å²) in [5, 5.41) is 0. The summed E-state index contributed by atoms with van der Waals surface area (Å²) in [7, 11) is 0. The normalized spacial score (nSPS) is 5.14. The van der Waals surface area contributed by atoms with Crippen LogP contribution in [0.1, 0.15) is 13.8 Å². The van der Waals surface area contributed by atoms with Gasteiger partial charge in [-0.2, -0.15) is 5.92 Å². The summed E-state index contributed by atoms with van der Waals surface area (Å²) >= 11 is 0. The molecular weight excluding hydrogens is 145 g/mol.